The van der Waals surface area contributed by atoms with Crippen molar-refractivity contribution in [1.82, 2.24) is 9.88 Å². The average Bonchev–Trinajstić information content (AvgIpc) is 3.42. The number of nitrogens with zero attached hydrogens (tertiary/aromatic N) is 1. The molecular weight excluding hydrogens is 466 g/mol. The Bertz CT molecular complexity index is 1160. The second-order valence-corrected chi connectivity index (χ2v) is 8.47. The Morgan fingerprint density at radius 2 is 1.91 bits per heavy atom. The van der Waals surface area contributed by atoms with Crippen LogP contribution in [0.5, 0.6) is 5.75 Å². The van der Waals surface area contributed by atoms with E-state index in [1.54, 1.807) is 17.4 Å². The predicted octanol–water partition coefficient (Wildman–Crippen LogP) is 4.17. The van der Waals surface area contributed by atoms with Gasteiger partial charge in [-0.25, -0.2) is 0 Å². The Hall–Kier alpha value is -3.53. The van der Waals surface area contributed by atoms with Crippen LogP contribution in [0.25, 0.3) is 0 Å². The van der Waals surface area contributed by atoms with Crippen LogP contribution in [0.1, 0.15) is 37.0 Å². The predicted molar refractivity (Wildman–Crippen MR) is 123 cm³/mol. The van der Waals surface area contributed by atoms with Gasteiger partial charge < -0.3 is 19.4 Å². The lowest BCUT2D eigenvalue weighted by Crippen LogP contribution is -2.31. The number of Topliss-reactive ketones (excluding diaryl/α,β-unsaturated/α-hetero) is 1. The molecule has 0 saturated heterocycles. The first-order chi connectivity index (χ1) is 16.2. The molecule has 10 heteroatoms. The molecule has 0 aliphatic heterocycles. The molecule has 0 atom stereocenters. The molecule has 3 aromatic rings. The van der Waals surface area contributed by atoms with E-state index in [2.05, 4.69) is 20.7 Å². The van der Waals surface area contributed by atoms with Crippen molar-refractivity contribution in [1.29, 1.82) is 0 Å². The van der Waals surface area contributed by atoms with Crippen molar-refractivity contribution in [3.8, 4) is 5.75 Å². The summed E-state index contributed by atoms with van der Waals surface area (Å²) >= 11 is 1.68. The number of halogens is 2. The van der Waals surface area contributed by atoms with E-state index in [4.69, 9.17) is 4.74 Å². The third kappa shape index (κ3) is 6.74. The lowest BCUT2D eigenvalue weighted by Gasteiger charge is -2.09. The van der Waals surface area contributed by atoms with Gasteiger partial charge in [-0.1, -0.05) is 12.1 Å². The van der Waals surface area contributed by atoms with Crippen LogP contribution in [-0.2, 0) is 22.5 Å². The van der Waals surface area contributed by atoms with Gasteiger partial charge in [0.05, 0.1) is 0 Å². The molecule has 2 aromatic heterocycles. The zero-order valence-corrected chi connectivity index (χ0v) is 19.5. The van der Waals surface area contributed by atoms with Gasteiger partial charge in [0.25, 0.3) is 5.91 Å². The summed E-state index contributed by atoms with van der Waals surface area (Å²) in [6.45, 7) is 0.550. The van der Waals surface area contributed by atoms with Crippen LogP contribution in [-0.4, -0.2) is 42.0 Å². The number of rotatable bonds is 11. The monoisotopic (exact) mass is 490 g/mol. The zero-order chi connectivity index (χ0) is 24.7. The summed E-state index contributed by atoms with van der Waals surface area (Å²) in [5, 5.41) is 4.35. The van der Waals surface area contributed by atoms with Gasteiger partial charge in [-0.2, -0.15) is 8.78 Å². The topological polar surface area (TPSA) is 86.6 Å². The molecule has 3 rings (SSSR count). The molecule has 0 fully saturated rings. The second kappa shape index (κ2) is 11.6. The molecule has 2 heterocycles. The molecule has 0 bridgehead atoms. The smallest absolute Gasteiger partial charge is 0.387 e. The van der Waals surface area contributed by atoms with Crippen LogP contribution in [0.15, 0.2) is 47.8 Å². The van der Waals surface area contributed by atoms with Crippen molar-refractivity contribution >= 4 is 29.0 Å². The molecular formula is C24H24F2N2O5S. The summed E-state index contributed by atoms with van der Waals surface area (Å²) in [4.78, 5) is 38.0. The minimum Gasteiger partial charge on any atom is -0.456 e. The molecule has 0 unspecified atom stereocenters. The second-order valence-electron chi connectivity index (χ2n) is 7.44. The van der Waals surface area contributed by atoms with Crippen LogP contribution in [0.2, 0.25) is 0 Å². The van der Waals surface area contributed by atoms with Crippen LogP contribution in [0, 0.1) is 13.8 Å². The van der Waals surface area contributed by atoms with Crippen molar-refractivity contribution in [2.24, 2.45) is 0 Å². The van der Waals surface area contributed by atoms with Gasteiger partial charge in [-0.3, -0.25) is 14.4 Å². The highest BCUT2D eigenvalue weighted by atomic mass is 32.1. The van der Waals surface area contributed by atoms with Crippen molar-refractivity contribution in [2.45, 2.75) is 33.4 Å². The van der Waals surface area contributed by atoms with Crippen molar-refractivity contribution in [2.75, 3.05) is 13.2 Å². The van der Waals surface area contributed by atoms with Gasteiger partial charge in [0.2, 0.25) is 5.78 Å². The summed E-state index contributed by atoms with van der Waals surface area (Å²) in [7, 11) is 0. The Balaban J connectivity index is 1.49. The normalized spacial score (nSPS) is 10.9. The van der Waals surface area contributed by atoms with E-state index in [-0.39, 0.29) is 17.1 Å². The number of benzene rings is 1. The number of carbonyl (C=O) groups excluding carboxylic acids is 3. The highest BCUT2D eigenvalue weighted by molar-refractivity contribution is 7.09. The molecule has 1 N–H and O–H groups in total. The van der Waals surface area contributed by atoms with E-state index in [0.717, 1.165) is 30.4 Å². The third-order valence-corrected chi connectivity index (χ3v) is 6.05. The summed E-state index contributed by atoms with van der Waals surface area (Å²) in [5.74, 6) is -1.98. The minimum atomic E-state index is -3.02. The van der Waals surface area contributed by atoms with E-state index < -0.39 is 31.6 Å². The lowest BCUT2D eigenvalue weighted by molar-refractivity contribution is -0.141. The summed E-state index contributed by atoms with van der Waals surface area (Å²) < 4.78 is 35.9. The van der Waals surface area contributed by atoms with E-state index in [0.29, 0.717) is 5.56 Å². The van der Waals surface area contributed by atoms with Gasteiger partial charge in [0.1, 0.15) is 12.3 Å². The molecule has 0 radical (unpaired) electrons. The maximum Gasteiger partial charge on any atom is 0.387 e. The number of nitrogens with one attached hydrogen (secondary N) is 1. The Morgan fingerprint density at radius 3 is 2.62 bits per heavy atom. The largest absolute Gasteiger partial charge is 0.456 e. The number of ketones is 1. The molecule has 180 valence electrons. The Morgan fingerprint density at radius 1 is 1.12 bits per heavy atom. The van der Waals surface area contributed by atoms with Crippen LogP contribution in [0.4, 0.5) is 8.78 Å². The van der Waals surface area contributed by atoms with Crippen LogP contribution in [0.3, 0.4) is 0 Å². The van der Waals surface area contributed by atoms with Crippen LogP contribution >= 0.6 is 11.3 Å². The number of alkyl halides is 2. The van der Waals surface area contributed by atoms with Crippen molar-refractivity contribution in [3.63, 3.8) is 0 Å². The van der Waals surface area contributed by atoms with Gasteiger partial charge in [0.15, 0.2) is 6.61 Å². The van der Waals surface area contributed by atoms with Gasteiger partial charge in [-0.15, -0.1) is 11.3 Å². The quantitative estimate of drug-likeness (QED) is 0.322. The fourth-order valence-electron chi connectivity index (χ4n) is 3.45. The first-order valence-corrected chi connectivity index (χ1v) is 11.3. The number of aromatic nitrogens is 1. The molecule has 0 aliphatic carbocycles. The Labute approximate surface area is 199 Å². The summed E-state index contributed by atoms with van der Waals surface area (Å²) in [6.07, 6.45) is 0.855. The summed E-state index contributed by atoms with van der Waals surface area (Å²) in [5.41, 5.74) is 2.26. The molecule has 0 aliphatic rings. The fraction of sp³-hybridized carbons (Fsp3) is 0.292. The number of aryl methyl sites for hydroxylation is 2. The van der Waals surface area contributed by atoms with Crippen molar-refractivity contribution in [3.05, 3.63) is 75.2 Å². The van der Waals surface area contributed by atoms with Gasteiger partial charge >= 0.3 is 12.6 Å². The number of esters is 1. The van der Waals surface area contributed by atoms with Crippen LogP contribution < -0.4 is 10.1 Å². The van der Waals surface area contributed by atoms with Gasteiger partial charge in [-0.05, 0) is 56.0 Å². The first kappa shape index (κ1) is 25.1. The number of thiophene rings is 1. The number of hydrogen-bond donors (Lipinski definition) is 1. The number of ether oxygens (including phenoxy) is 2. The minimum absolute atomic E-state index is 0.0389. The molecule has 0 saturated carbocycles. The van der Waals surface area contributed by atoms with Crippen molar-refractivity contribution < 1.29 is 32.6 Å². The highest BCUT2D eigenvalue weighted by Gasteiger charge is 2.18. The fourth-order valence-corrected chi connectivity index (χ4v) is 4.15. The lowest BCUT2D eigenvalue weighted by atomic mass is 10.1. The maximum absolute atomic E-state index is 12.6. The molecule has 34 heavy (non-hydrogen) atoms. The average molecular weight is 491 g/mol. The van der Waals surface area contributed by atoms with E-state index in [1.807, 2.05) is 25.3 Å². The number of amides is 1. The maximum atomic E-state index is 12.6. The number of hydrogen-bond acceptors (Lipinski definition) is 6. The first-order valence-electron chi connectivity index (χ1n) is 10.5. The molecule has 0 spiro atoms. The molecule has 1 amide bonds. The Kier molecular flexibility index (Phi) is 8.53. The van der Waals surface area contributed by atoms with E-state index in [1.165, 1.54) is 23.1 Å². The SMILES string of the molecule is Cc1cc(C(=O)COC(=O)CNC(=O)c2cccc(OC(F)F)c2)c(C)n1CCc1cccs1. The van der Waals surface area contributed by atoms with E-state index >= 15 is 0 Å². The molecule has 1 aromatic carbocycles. The summed E-state index contributed by atoms with van der Waals surface area (Å²) in [6, 6.07) is 11.0. The molecule has 7 nitrogen and oxygen atoms in total. The third-order valence-electron chi connectivity index (χ3n) is 5.11. The standard InChI is InChI=1S/C24H24F2N2O5S/c1-15-11-20(16(2)28(15)9-8-19-7-4-10-34-19)21(29)14-32-22(30)13-27-23(31)17-5-3-6-18(12-17)33-24(25)26/h3-7,10-12,24H,8-9,13-14H2,1-2H3,(H,27,31). The highest BCUT2D eigenvalue weighted by Crippen LogP contribution is 2.19. The van der Waals surface area contributed by atoms with E-state index in [9.17, 15) is 23.2 Å². The number of carbonyl (C=O) groups is 3. The zero-order valence-electron chi connectivity index (χ0n) is 18.7. The van der Waals surface area contributed by atoms with Gasteiger partial charge in [0, 0.05) is 33.9 Å².